The summed E-state index contributed by atoms with van der Waals surface area (Å²) in [5.74, 6) is 0.910. The summed E-state index contributed by atoms with van der Waals surface area (Å²) in [5, 5.41) is 2.90. The van der Waals surface area contributed by atoms with Crippen LogP contribution in [0.4, 0.5) is 0 Å². The molecule has 1 amide bonds. The van der Waals surface area contributed by atoms with Gasteiger partial charge in [-0.15, -0.1) is 0 Å². The highest BCUT2D eigenvalue weighted by Crippen LogP contribution is 2.06. The topological polar surface area (TPSA) is 84.5 Å². The van der Waals surface area contributed by atoms with Crippen LogP contribution in [0.3, 0.4) is 0 Å². The molecule has 0 radical (unpaired) electrons. The van der Waals surface area contributed by atoms with Crippen molar-refractivity contribution >= 4 is 18.5 Å². The summed E-state index contributed by atoms with van der Waals surface area (Å²) in [5.41, 5.74) is 0. The third kappa shape index (κ3) is 18.1. The number of thiol groups is 1. The van der Waals surface area contributed by atoms with Crippen molar-refractivity contribution in [3.05, 3.63) is 0 Å². The van der Waals surface area contributed by atoms with E-state index < -0.39 is 6.23 Å². The first-order valence-electron chi connectivity index (χ1n) is 10.7. The molecule has 0 spiro atoms. The van der Waals surface area contributed by atoms with Gasteiger partial charge in [0, 0.05) is 6.42 Å². The zero-order chi connectivity index (χ0) is 20.8. The molecule has 1 unspecified atom stereocenters. The second kappa shape index (κ2) is 20.8. The SMILES string of the molecule is O=C(CCCCCCCS)NC1COCCOCCOCCOCCOCCO1. The van der Waals surface area contributed by atoms with Gasteiger partial charge in [0.1, 0.15) is 0 Å². The minimum Gasteiger partial charge on any atom is -0.377 e. The van der Waals surface area contributed by atoms with Crippen molar-refractivity contribution in [2.24, 2.45) is 0 Å². The van der Waals surface area contributed by atoms with E-state index in [1.807, 2.05) is 0 Å². The number of amides is 1. The average Bonchev–Trinajstić information content (AvgIpc) is 2.72. The lowest BCUT2D eigenvalue weighted by atomic mass is 10.1. The number of hydrogen-bond acceptors (Lipinski definition) is 8. The Morgan fingerprint density at radius 3 is 1.76 bits per heavy atom. The van der Waals surface area contributed by atoms with Crippen LogP contribution in [0.25, 0.3) is 0 Å². The van der Waals surface area contributed by atoms with Crippen LogP contribution in [0.5, 0.6) is 0 Å². The van der Waals surface area contributed by atoms with E-state index in [0.29, 0.717) is 72.5 Å². The minimum atomic E-state index is -0.492. The van der Waals surface area contributed by atoms with Gasteiger partial charge in [0.25, 0.3) is 0 Å². The zero-order valence-electron chi connectivity index (χ0n) is 17.6. The molecule has 0 aromatic rings. The highest BCUT2D eigenvalue weighted by atomic mass is 32.1. The van der Waals surface area contributed by atoms with E-state index >= 15 is 0 Å². The lowest BCUT2D eigenvalue weighted by Gasteiger charge is -2.20. The maximum Gasteiger partial charge on any atom is 0.222 e. The van der Waals surface area contributed by atoms with E-state index in [0.717, 1.165) is 31.4 Å². The van der Waals surface area contributed by atoms with E-state index in [4.69, 9.17) is 28.4 Å². The van der Waals surface area contributed by atoms with Crippen molar-refractivity contribution in [2.45, 2.75) is 44.8 Å². The van der Waals surface area contributed by atoms with Gasteiger partial charge in [0.05, 0.1) is 72.7 Å². The largest absolute Gasteiger partial charge is 0.377 e. The molecule has 8 nitrogen and oxygen atoms in total. The maximum absolute atomic E-state index is 12.2. The Labute approximate surface area is 180 Å². The van der Waals surface area contributed by atoms with Crippen LogP contribution < -0.4 is 5.32 Å². The molecular formula is C20H39NO7S. The number of carbonyl (C=O) groups excluding carboxylic acids is 1. The Kier molecular flexibility index (Phi) is 19.1. The fraction of sp³-hybridized carbons (Fsp3) is 0.950. The number of ether oxygens (including phenoxy) is 6. The van der Waals surface area contributed by atoms with E-state index in [1.54, 1.807) is 0 Å². The predicted octanol–water partition coefficient (Wildman–Crippen LogP) is 1.81. The first-order chi connectivity index (χ1) is 14.3. The lowest BCUT2D eigenvalue weighted by Crippen LogP contribution is -2.41. The molecule has 9 heteroatoms. The smallest absolute Gasteiger partial charge is 0.222 e. The Hall–Kier alpha value is -0.420. The molecular weight excluding hydrogens is 398 g/mol. The van der Waals surface area contributed by atoms with Gasteiger partial charge in [-0.1, -0.05) is 19.3 Å². The molecule has 1 heterocycles. The molecule has 1 fully saturated rings. The Balaban J connectivity index is 2.25. The first kappa shape index (κ1) is 26.6. The molecule has 0 saturated carbocycles. The molecule has 0 bridgehead atoms. The number of hydrogen-bond donors (Lipinski definition) is 2. The second-order valence-electron chi connectivity index (χ2n) is 6.69. The Morgan fingerprint density at radius 1 is 0.690 bits per heavy atom. The number of carbonyl (C=O) groups is 1. The standard InChI is InChI=1S/C20H39NO7S/c22-19(6-4-2-1-3-5-17-29)21-20-18-27-14-13-25-10-9-23-7-8-24-11-12-26-15-16-28-20/h20,29H,1-18H2,(H,21,22). The molecule has 0 aromatic heterocycles. The van der Waals surface area contributed by atoms with Crippen LogP contribution in [-0.4, -0.2) is 90.6 Å². The van der Waals surface area contributed by atoms with Gasteiger partial charge in [-0.2, -0.15) is 12.6 Å². The zero-order valence-corrected chi connectivity index (χ0v) is 18.5. The second-order valence-corrected chi connectivity index (χ2v) is 7.14. The quantitative estimate of drug-likeness (QED) is 0.443. The fourth-order valence-corrected chi connectivity index (χ4v) is 2.85. The molecule has 1 saturated heterocycles. The van der Waals surface area contributed by atoms with Crippen molar-refractivity contribution in [1.29, 1.82) is 0 Å². The van der Waals surface area contributed by atoms with Gasteiger partial charge in [-0.3, -0.25) is 4.79 Å². The summed E-state index contributed by atoms with van der Waals surface area (Å²) in [4.78, 5) is 12.2. The number of rotatable bonds is 8. The van der Waals surface area contributed by atoms with Gasteiger partial charge in [0.2, 0.25) is 5.91 Å². The van der Waals surface area contributed by atoms with Gasteiger partial charge < -0.3 is 33.7 Å². The summed E-state index contributed by atoms with van der Waals surface area (Å²) < 4.78 is 33.0. The minimum absolute atomic E-state index is 0.0161. The molecule has 172 valence electrons. The molecule has 0 aliphatic carbocycles. The number of unbranched alkanes of at least 4 members (excludes halogenated alkanes) is 4. The molecule has 1 aliphatic heterocycles. The third-order valence-corrected chi connectivity index (χ3v) is 4.50. The summed E-state index contributed by atoms with van der Waals surface area (Å²) in [6, 6.07) is 0. The molecule has 1 atom stereocenters. The molecule has 29 heavy (non-hydrogen) atoms. The Morgan fingerprint density at radius 2 is 1.17 bits per heavy atom. The van der Waals surface area contributed by atoms with Crippen molar-refractivity contribution in [1.82, 2.24) is 5.32 Å². The van der Waals surface area contributed by atoms with Crippen molar-refractivity contribution in [3.8, 4) is 0 Å². The Bertz CT molecular complexity index is 359. The summed E-state index contributed by atoms with van der Waals surface area (Å²) >= 11 is 4.21. The predicted molar refractivity (Wildman–Crippen MR) is 114 cm³/mol. The average molecular weight is 438 g/mol. The van der Waals surface area contributed by atoms with Crippen molar-refractivity contribution in [3.63, 3.8) is 0 Å². The van der Waals surface area contributed by atoms with E-state index in [9.17, 15) is 4.79 Å². The van der Waals surface area contributed by atoms with Crippen LogP contribution in [0, 0.1) is 0 Å². The van der Waals surface area contributed by atoms with Crippen molar-refractivity contribution < 1.29 is 33.2 Å². The first-order valence-corrected chi connectivity index (χ1v) is 11.4. The summed E-state index contributed by atoms with van der Waals surface area (Å²) in [6.07, 6.45) is 5.39. The lowest BCUT2D eigenvalue weighted by molar-refractivity contribution is -0.129. The van der Waals surface area contributed by atoms with Crippen LogP contribution in [0.15, 0.2) is 0 Å². The van der Waals surface area contributed by atoms with Gasteiger partial charge in [-0.05, 0) is 18.6 Å². The van der Waals surface area contributed by atoms with Crippen LogP contribution in [-0.2, 0) is 33.2 Å². The van der Waals surface area contributed by atoms with E-state index in [2.05, 4.69) is 17.9 Å². The molecule has 1 aliphatic rings. The fourth-order valence-electron chi connectivity index (χ4n) is 2.63. The summed E-state index contributed by atoms with van der Waals surface area (Å²) in [6.45, 7) is 5.09. The molecule has 0 aromatic carbocycles. The molecule has 1 N–H and O–H groups in total. The van der Waals surface area contributed by atoms with Crippen LogP contribution >= 0.6 is 12.6 Å². The van der Waals surface area contributed by atoms with E-state index in [1.165, 1.54) is 6.42 Å². The molecule has 1 rings (SSSR count). The van der Waals surface area contributed by atoms with Gasteiger partial charge in [-0.25, -0.2) is 0 Å². The third-order valence-electron chi connectivity index (χ3n) is 4.19. The normalized spacial score (nSPS) is 21.8. The van der Waals surface area contributed by atoms with Crippen LogP contribution in [0.1, 0.15) is 38.5 Å². The van der Waals surface area contributed by atoms with Crippen LogP contribution in [0.2, 0.25) is 0 Å². The monoisotopic (exact) mass is 437 g/mol. The van der Waals surface area contributed by atoms with Gasteiger partial charge in [0.15, 0.2) is 6.23 Å². The highest BCUT2D eigenvalue weighted by Gasteiger charge is 2.13. The van der Waals surface area contributed by atoms with E-state index in [-0.39, 0.29) is 12.5 Å². The van der Waals surface area contributed by atoms with Gasteiger partial charge >= 0.3 is 0 Å². The maximum atomic E-state index is 12.2. The van der Waals surface area contributed by atoms with Crippen molar-refractivity contribution in [2.75, 3.05) is 78.4 Å². The number of nitrogens with one attached hydrogen (secondary N) is 1. The summed E-state index contributed by atoms with van der Waals surface area (Å²) in [7, 11) is 0. The highest BCUT2D eigenvalue weighted by molar-refractivity contribution is 7.80.